The highest BCUT2D eigenvalue weighted by atomic mass is 16.5. The summed E-state index contributed by atoms with van der Waals surface area (Å²) >= 11 is 0. The van der Waals surface area contributed by atoms with Crippen molar-refractivity contribution in [2.75, 3.05) is 7.11 Å². The number of aliphatic carboxylic acids is 1. The van der Waals surface area contributed by atoms with Gasteiger partial charge < -0.3 is 9.84 Å². The SMILES string of the molecule is COc1cc(C(C)C(=O)O)cc(C)c1C. The smallest absolute Gasteiger partial charge is 0.310 e. The first-order valence-corrected chi connectivity index (χ1v) is 4.85. The lowest BCUT2D eigenvalue weighted by Crippen LogP contribution is -2.08. The second-order valence-corrected chi connectivity index (χ2v) is 3.72. The first kappa shape index (κ1) is 11.6. The summed E-state index contributed by atoms with van der Waals surface area (Å²) in [5, 5.41) is 8.92. The van der Waals surface area contributed by atoms with Gasteiger partial charge in [-0.25, -0.2) is 0 Å². The monoisotopic (exact) mass is 208 g/mol. The van der Waals surface area contributed by atoms with Crippen LogP contribution >= 0.6 is 0 Å². The van der Waals surface area contributed by atoms with Crippen molar-refractivity contribution in [3.8, 4) is 5.75 Å². The zero-order valence-corrected chi connectivity index (χ0v) is 9.50. The minimum absolute atomic E-state index is 0.502. The predicted octanol–water partition coefficient (Wildman–Crippen LogP) is 2.50. The number of ether oxygens (including phenoxy) is 1. The van der Waals surface area contributed by atoms with Gasteiger partial charge in [-0.15, -0.1) is 0 Å². The highest BCUT2D eigenvalue weighted by Gasteiger charge is 2.16. The van der Waals surface area contributed by atoms with Gasteiger partial charge in [0, 0.05) is 0 Å². The molecule has 1 unspecified atom stereocenters. The molecule has 1 N–H and O–H groups in total. The van der Waals surface area contributed by atoms with E-state index in [1.165, 1.54) is 0 Å². The van der Waals surface area contributed by atoms with Crippen molar-refractivity contribution in [3.63, 3.8) is 0 Å². The second-order valence-electron chi connectivity index (χ2n) is 3.72. The van der Waals surface area contributed by atoms with Crippen LogP contribution in [0.4, 0.5) is 0 Å². The Morgan fingerprint density at radius 2 is 2.00 bits per heavy atom. The molecule has 3 nitrogen and oxygen atoms in total. The standard InChI is InChI=1S/C12H16O3/c1-7-5-10(9(3)12(13)14)6-11(15-4)8(7)2/h5-6,9H,1-4H3,(H,13,14). The van der Waals surface area contributed by atoms with Crippen LogP contribution in [0.1, 0.15) is 29.5 Å². The summed E-state index contributed by atoms with van der Waals surface area (Å²) in [6, 6.07) is 3.69. The first-order chi connectivity index (χ1) is 6.97. The van der Waals surface area contributed by atoms with Crippen LogP contribution < -0.4 is 4.74 Å². The molecule has 1 aromatic rings. The summed E-state index contributed by atoms with van der Waals surface area (Å²) in [6.45, 7) is 5.59. The maximum absolute atomic E-state index is 10.9. The zero-order chi connectivity index (χ0) is 11.6. The molecular formula is C12H16O3. The van der Waals surface area contributed by atoms with Crippen molar-refractivity contribution in [1.29, 1.82) is 0 Å². The maximum Gasteiger partial charge on any atom is 0.310 e. The van der Waals surface area contributed by atoms with Gasteiger partial charge in [-0.1, -0.05) is 6.07 Å². The lowest BCUT2D eigenvalue weighted by Gasteiger charge is -2.13. The van der Waals surface area contributed by atoms with Crippen LogP contribution in [0.2, 0.25) is 0 Å². The van der Waals surface area contributed by atoms with Crippen LogP contribution in [0, 0.1) is 13.8 Å². The number of carboxylic acid groups (broad SMARTS) is 1. The van der Waals surface area contributed by atoms with E-state index in [2.05, 4.69) is 0 Å². The van der Waals surface area contributed by atoms with Gasteiger partial charge in [0.25, 0.3) is 0 Å². The fourth-order valence-corrected chi connectivity index (χ4v) is 1.46. The molecule has 1 atom stereocenters. The van der Waals surface area contributed by atoms with E-state index in [9.17, 15) is 4.79 Å². The van der Waals surface area contributed by atoms with Crippen LogP contribution in [-0.2, 0) is 4.79 Å². The zero-order valence-electron chi connectivity index (χ0n) is 9.50. The van der Waals surface area contributed by atoms with Crippen molar-refractivity contribution in [2.45, 2.75) is 26.7 Å². The minimum atomic E-state index is -0.819. The minimum Gasteiger partial charge on any atom is -0.496 e. The molecule has 0 fully saturated rings. The number of carbonyl (C=O) groups is 1. The molecule has 1 aromatic carbocycles. The highest BCUT2D eigenvalue weighted by Crippen LogP contribution is 2.27. The number of rotatable bonds is 3. The average Bonchev–Trinajstić information content (AvgIpc) is 2.20. The van der Waals surface area contributed by atoms with Crippen LogP contribution in [0.5, 0.6) is 5.75 Å². The fourth-order valence-electron chi connectivity index (χ4n) is 1.46. The van der Waals surface area contributed by atoms with Gasteiger partial charge >= 0.3 is 5.97 Å². The van der Waals surface area contributed by atoms with E-state index in [0.717, 1.165) is 22.4 Å². The molecule has 0 aliphatic heterocycles. The molecule has 0 aliphatic carbocycles. The molecule has 0 radical (unpaired) electrons. The van der Waals surface area contributed by atoms with E-state index >= 15 is 0 Å². The summed E-state index contributed by atoms with van der Waals surface area (Å²) in [6.07, 6.45) is 0. The number of carboxylic acids is 1. The molecule has 15 heavy (non-hydrogen) atoms. The molecular weight excluding hydrogens is 192 g/mol. The van der Waals surface area contributed by atoms with E-state index in [1.54, 1.807) is 20.1 Å². The highest BCUT2D eigenvalue weighted by molar-refractivity contribution is 5.76. The van der Waals surface area contributed by atoms with Gasteiger partial charge in [-0.05, 0) is 43.5 Å². The number of methoxy groups -OCH3 is 1. The van der Waals surface area contributed by atoms with Gasteiger partial charge in [-0.2, -0.15) is 0 Å². The Morgan fingerprint density at radius 3 is 2.47 bits per heavy atom. The fraction of sp³-hybridized carbons (Fsp3) is 0.417. The van der Waals surface area contributed by atoms with Crippen LogP contribution in [-0.4, -0.2) is 18.2 Å². The molecule has 0 heterocycles. The molecule has 0 aromatic heterocycles. The molecule has 0 saturated carbocycles. The lowest BCUT2D eigenvalue weighted by molar-refractivity contribution is -0.138. The van der Waals surface area contributed by atoms with Crippen LogP contribution in [0.25, 0.3) is 0 Å². The number of aryl methyl sites for hydroxylation is 1. The van der Waals surface area contributed by atoms with E-state index in [4.69, 9.17) is 9.84 Å². The Hall–Kier alpha value is -1.51. The molecule has 0 aliphatic rings. The van der Waals surface area contributed by atoms with Crippen LogP contribution in [0.3, 0.4) is 0 Å². The van der Waals surface area contributed by atoms with Gasteiger partial charge in [0.2, 0.25) is 0 Å². The van der Waals surface area contributed by atoms with E-state index in [1.807, 2.05) is 19.9 Å². The van der Waals surface area contributed by atoms with Gasteiger partial charge in [0.05, 0.1) is 13.0 Å². The summed E-state index contributed by atoms with van der Waals surface area (Å²) < 4.78 is 5.20. The Morgan fingerprint density at radius 1 is 1.40 bits per heavy atom. The quantitative estimate of drug-likeness (QED) is 0.830. The summed E-state index contributed by atoms with van der Waals surface area (Å²) in [5.41, 5.74) is 2.89. The first-order valence-electron chi connectivity index (χ1n) is 4.85. The average molecular weight is 208 g/mol. The lowest BCUT2D eigenvalue weighted by atomic mass is 9.96. The Balaban J connectivity index is 3.22. The molecule has 0 bridgehead atoms. The Labute approximate surface area is 89.7 Å². The summed E-state index contributed by atoms with van der Waals surface area (Å²) in [4.78, 5) is 10.9. The van der Waals surface area contributed by atoms with Gasteiger partial charge in [0.15, 0.2) is 0 Å². The largest absolute Gasteiger partial charge is 0.496 e. The van der Waals surface area contributed by atoms with E-state index < -0.39 is 11.9 Å². The molecule has 82 valence electrons. The topological polar surface area (TPSA) is 46.5 Å². The maximum atomic E-state index is 10.9. The molecule has 0 amide bonds. The Bertz CT molecular complexity index is 383. The summed E-state index contributed by atoms with van der Waals surface area (Å²) in [7, 11) is 1.59. The molecule has 0 saturated heterocycles. The van der Waals surface area contributed by atoms with E-state index in [-0.39, 0.29) is 0 Å². The van der Waals surface area contributed by atoms with Crippen molar-refractivity contribution >= 4 is 5.97 Å². The summed E-state index contributed by atoms with van der Waals surface area (Å²) in [5.74, 6) is -0.573. The van der Waals surface area contributed by atoms with Gasteiger partial charge in [-0.3, -0.25) is 4.79 Å². The predicted molar refractivity (Wildman–Crippen MR) is 58.5 cm³/mol. The van der Waals surface area contributed by atoms with E-state index in [0.29, 0.717) is 0 Å². The van der Waals surface area contributed by atoms with Crippen molar-refractivity contribution in [2.24, 2.45) is 0 Å². The van der Waals surface area contributed by atoms with Crippen LogP contribution in [0.15, 0.2) is 12.1 Å². The third kappa shape index (κ3) is 2.29. The number of hydrogen-bond acceptors (Lipinski definition) is 2. The third-order valence-corrected chi connectivity index (χ3v) is 2.73. The van der Waals surface area contributed by atoms with Crippen molar-refractivity contribution < 1.29 is 14.6 Å². The molecule has 3 heteroatoms. The number of hydrogen-bond donors (Lipinski definition) is 1. The van der Waals surface area contributed by atoms with Gasteiger partial charge in [0.1, 0.15) is 5.75 Å². The number of benzene rings is 1. The van der Waals surface area contributed by atoms with Crippen molar-refractivity contribution in [1.82, 2.24) is 0 Å². The molecule has 1 rings (SSSR count). The second kappa shape index (κ2) is 4.34. The van der Waals surface area contributed by atoms with Crippen molar-refractivity contribution in [3.05, 3.63) is 28.8 Å². The Kier molecular flexibility index (Phi) is 3.35. The normalized spacial score (nSPS) is 12.3. The molecule has 0 spiro atoms. The third-order valence-electron chi connectivity index (χ3n) is 2.73.